The van der Waals surface area contributed by atoms with Gasteiger partial charge in [-0.1, -0.05) is 0 Å². The molecule has 1 heterocycles. The Balaban J connectivity index is 1.66. The topological polar surface area (TPSA) is 71.1 Å². The van der Waals surface area contributed by atoms with E-state index in [2.05, 4.69) is 0 Å². The van der Waals surface area contributed by atoms with E-state index in [1.54, 1.807) is 0 Å². The van der Waals surface area contributed by atoms with Crippen LogP contribution in [0.25, 0.3) is 0 Å². The van der Waals surface area contributed by atoms with E-state index < -0.39 is 66.7 Å². The van der Waals surface area contributed by atoms with Crippen LogP contribution < -0.4 is 0 Å². The molecule has 4 atom stereocenters. The van der Waals surface area contributed by atoms with Gasteiger partial charge in [0.25, 0.3) is 0 Å². The molecule has 13 heteroatoms. The van der Waals surface area contributed by atoms with Crippen LogP contribution in [0.3, 0.4) is 0 Å². The van der Waals surface area contributed by atoms with Gasteiger partial charge in [-0.15, -0.1) is 0 Å². The average Bonchev–Trinajstić information content (AvgIpc) is 3.10. The second-order valence-corrected chi connectivity index (χ2v) is 7.34. The quantitative estimate of drug-likeness (QED) is 0.410. The van der Waals surface area contributed by atoms with Crippen molar-refractivity contribution in [2.75, 3.05) is 13.7 Å². The molecule has 0 spiro atoms. The summed E-state index contributed by atoms with van der Waals surface area (Å²) in [7, 11) is 1.10. The zero-order valence-corrected chi connectivity index (χ0v) is 17.7. The molecule has 0 N–H and O–H groups in total. The molecule has 1 unspecified atom stereocenters. The summed E-state index contributed by atoms with van der Waals surface area (Å²) >= 11 is 0. The second-order valence-electron chi connectivity index (χ2n) is 7.34. The van der Waals surface area contributed by atoms with Crippen molar-refractivity contribution in [1.82, 2.24) is 0 Å². The SMILES string of the molecule is COC1O[C@H](COC(=O)c2ccc(C(F)(F)F)cc2)[C@@H](OC(=O)c2ccc(C(F)(F)F)cc2)[C@@H]1F. The lowest BCUT2D eigenvalue weighted by atomic mass is 10.1. The van der Waals surface area contributed by atoms with Gasteiger partial charge in [0.1, 0.15) is 12.7 Å². The summed E-state index contributed by atoms with van der Waals surface area (Å²) in [4.78, 5) is 24.5. The lowest BCUT2D eigenvalue weighted by molar-refractivity contribution is -0.142. The Hall–Kier alpha value is -3.19. The molecule has 6 nitrogen and oxygen atoms in total. The molecule has 0 aromatic heterocycles. The maximum Gasteiger partial charge on any atom is 0.416 e. The summed E-state index contributed by atoms with van der Waals surface area (Å²) < 4.78 is 111. The van der Waals surface area contributed by atoms with Gasteiger partial charge in [-0.25, -0.2) is 14.0 Å². The van der Waals surface area contributed by atoms with Gasteiger partial charge in [0, 0.05) is 7.11 Å². The van der Waals surface area contributed by atoms with Crippen LogP contribution in [0.15, 0.2) is 48.5 Å². The number of methoxy groups -OCH3 is 1. The number of halogens is 7. The first kappa shape index (κ1) is 26.4. The van der Waals surface area contributed by atoms with E-state index in [1.165, 1.54) is 0 Å². The number of ether oxygens (including phenoxy) is 4. The van der Waals surface area contributed by atoms with E-state index in [0.717, 1.165) is 31.4 Å². The van der Waals surface area contributed by atoms with Gasteiger partial charge < -0.3 is 18.9 Å². The van der Waals surface area contributed by atoms with Gasteiger partial charge >= 0.3 is 24.3 Å². The molecule has 2 aromatic rings. The van der Waals surface area contributed by atoms with E-state index in [9.17, 15) is 40.3 Å². The maximum atomic E-state index is 14.7. The Morgan fingerprint density at radius 1 is 0.829 bits per heavy atom. The van der Waals surface area contributed by atoms with Crippen LogP contribution in [0.5, 0.6) is 0 Å². The van der Waals surface area contributed by atoms with Crippen LogP contribution in [0.1, 0.15) is 31.8 Å². The Bertz CT molecular complexity index is 1030. The smallest absolute Gasteiger partial charge is 0.416 e. The monoisotopic (exact) mass is 510 g/mol. The van der Waals surface area contributed by atoms with Crippen molar-refractivity contribution in [2.45, 2.75) is 37.0 Å². The molecule has 0 saturated carbocycles. The van der Waals surface area contributed by atoms with Crippen LogP contribution >= 0.6 is 0 Å². The maximum absolute atomic E-state index is 14.7. The molecule has 1 aliphatic rings. The largest absolute Gasteiger partial charge is 0.459 e. The molecule has 3 rings (SSSR count). The number of hydrogen-bond donors (Lipinski definition) is 0. The predicted molar refractivity (Wildman–Crippen MR) is 103 cm³/mol. The van der Waals surface area contributed by atoms with Gasteiger partial charge in [0.05, 0.1) is 22.3 Å². The van der Waals surface area contributed by atoms with Crippen molar-refractivity contribution in [2.24, 2.45) is 0 Å². The van der Waals surface area contributed by atoms with Gasteiger partial charge in [-0.2, -0.15) is 26.3 Å². The number of carbonyl (C=O) groups excluding carboxylic acids is 2. The third-order valence-electron chi connectivity index (χ3n) is 5.00. The molecular weight excluding hydrogens is 493 g/mol. The second kappa shape index (κ2) is 10.2. The van der Waals surface area contributed by atoms with Gasteiger partial charge in [-0.05, 0) is 48.5 Å². The Morgan fingerprint density at radius 3 is 1.71 bits per heavy atom. The van der Waals surface area contributed by atoms with E-state index in [-0.39, 0.29) is 11.1 Å². The van der Waals surface area contributed by atoms with Gasteiger partial charge in [0.15, 0.2) is 18.6 Å². The number of rotatable bonds is 6. The first-order chi connectivity index (χ1) is 16.3. The van der Waals surface area contributed by atoms with E-state index in [1.807, 2.05) is 0 Å². The highest BCUT2D eigenvalue weighted by Gasteiger charge is 2.49. The molecule has 0 aliphatic carbocycles. The Labute approximate surface area is 193 Å². The highest BCUT2D eigenvalue weighted by Crippen LogP contribution is 2.32. The summed E-state index contributed by atoms with van der Waals surface area (Å²) in [6.45, 7) is -0.662. The van der Waals surface area contributed by atoms with Crippen LogP contribution in [0, 0.1) is 0 Å². The highest BCUT2D eigenvalue weighted by atomic mass is 19.4. The normalized spacial score (nSPS) is 22.6. The zero-order valence-electron chi connectivity index (χ0n) is 17.7. The number of carbonyl (C=O) groups is 2. The molecule has 0 amide bonds. The first-order valence-electron chi connectivity index (χ1n) is 9.86. The summed E-state index contributed by atoms with van der Waals surface area (Å²) in [6, 6.07) is 6.12. The summed E-state index contributed by atoms with van der Waals surface area (Å²) in [5, 5.41) is 0. The Morgan fingerprint density at radius 2 is 1.29 bits per heavy atom. The average molecular weight is 510 g/mol. The summed E-state index contributed by atoms with van der Waals surface area (Å²) in [5.41, 5.74) is -2.51. The summed E-state index contributed by atoms with van der Waals surface area (Å²) in [6.07, 6.45) is -15.8. The van der Waals surface area contributed by atoms with Crippen molar-refractivity contribution < 1.29 is 59.3 Å². The van der Waals surface area contributed by atoms with E-state index in [0.29, 0.717) is 24.3 Å². The molecule has 1 aliphatic heterocycles. The first-order valence-corrected chi connectivity index (χ1v) is 9.86. The Kier molecular flexibility index (Phi) is 7.70. The van der Waals surface area contributed by atoms with Crippen molar-refractivity contribution in [3.05, 3.63) is 70.8 Å². The molecule has 0 bridgehead atoms. The van der Waals surface area contributed by atoms with Crippen LogP contribution in [0.2, 0.25) is 0 Å². The fourth-order valence-corrected chi connectivity index (χ4v) is 3.17. The van der Waals surface area contributed by atoms with Crippen LogP contribution in [-0.4, -0.2) is 50.3 Å². The number of alkyl halides is 7. The third-order valence-corrected chi connectivity index (χ3v) is 5.00. The zero-order chi connectivity index (χ0) is 26.0. The molecule has 2 aromatic carbocycles. The van der Waals surface area contributed by atoms with Crippen molar-refractivity contribution >= 4 is 11.9 Å². The number of benzene rings is 2. The molecule has 0 radical (unpaired) electrons. The van der Waals surface area contributed by atoms with Gasteiger partial charge in [-0.3, -0.25) is 0 Å². The minimum Gasteiger partial charge on any atom is -0.459 e. The predicted octanol–water partition coefficient (Wildman–Crippen LogP) is 4.82. The molecule has 1 saturated heterocycles. The minimum atomic E-state index is -4.63. The molecule has 35 heavy (non-hydrogen) atoms. The number of esters is 2. The fourth-order valence-electron chi connectivity index (χ4n) is 3.17. The molecular formula is C22H17F7O6. The van der Waals surface area contributed by atoms with Crippen LogP contribution in [-0.2, 0) is 31.3 Å². The minimum absolute atomic E-state index is 0.227. The lowest BCUT2D eigenvalue weighted by Gasteiger charge is -2.19. The summed E-state index contributed by atoms with van der Waals surface area (Å²) in [5.74, 6) is -2.21. The van der Waals surface area contributed by atoms with Crippen LogP contribution in [0.4, 0.5) is 30.7 Å². The van der Waals surface area contributed by atoms with E-state index in [4.69, 9.17) is 18.9 Å². The molecule has 190 valence electrons. The van der Waals surface area contributed by atoms with Crippen molar-refractivity contribution in [3.8, 4) is 0 Å². The molecule has 1 fully saturated rings. The standard InChI is InChI=1S/C22H17F7O6/c1-32-20-16(23)17(35-19(31)12-4-8-14(9-5-12)22(27,28)29)15(34-20)10-33-18(30)11-2-6-13(7-3-11)21(24,25)26/h2-9,15-17,20H,10H2,1H3/t15-,16+,17-,20?/m1/s1. The third kappa shape index (κ3) is 6.28. The fraction of sp³-hybridized carbons (Fsp3) is 0.364. The van der Waals surface area contributed by atoms with E-state index >= 15 is 0 Å². The highest BCUT2D eigenvalue weighted by molar-refractivity contribution is 5.90. The number of hydrogen-bond acceptors (Lipinski definition) is 6. The lowest BCUT2D eigenvalue weighted by Crippen LogP contribution is -2.37. The van der Waals surface area contributed by atoms with Gasteiger partial charge in [0.2, 0.25) is 0 Å². The van der Waals surface area contributed by atoms with Crippen molar-refractivity contribution in [3.63, 3.8) is 0 Å². The van der Waals surface area contributed by atoms with Crippen molar-refractivity contribution in [1.29, 1.82) is 0 Å².